The van der Waals surface area contributed by atoms with E-state index < -0.39 is 0 Å². The highest BCUT2D eigenvalue weighted by molar-refractivity contribution is 5.78. The van der Waals surface area contributed by atoms with Gasteiger partial charge in [-0.25, -0.2) is 0 Å². The molecule has 0 radical (unpaired) electrons. The number of benzene rings is 1. The Balaban J connectivity index is 1.88. The molecule has 3 nitrogen and oxygen atoms in total. The van der Waals surface area contributed by atoms with Crippen molar-refractivity contribution in [3.8, 4) is 0 Å². The highest BCUT2D eigenvalue weighted by atomic mass is 16.3. The fourth-order valence-electron chi connectivity index (χ4n) is 1.70. The van der Waals surface area contributed by atoms with Gasteiger partial charge in [0.25, 0.3) is 0 Å². The zero-order valence-corrected chi connectivity index (χ0v) is 9.28. The van der Waals surface area contributed by atoms with E-state index in [4.69, 9.17) is 5.11 Å². The summed E-state index contributed by atoms with van der Waals surface area (Å²) < 4.78 is 0. The predicted molar refractivity (Wildman–Crippen MR) is 61.8 cm³/mol. The smallest absolute Gasteiger partial charge is 0.224 e. The maximum Gasteiger partial charge on any atom is 0.224 e. The minimum atomic E-state index is -0.00786. The van der Waals surface area contributed by atoms with Gasteiger partial charge >= 0.3 is 0 Å². The molecule has 0 bridgehead atoms. The first-order chi connectivity index (χ1) is 7.79. The van der Waals surface area contributed by atoms with E-state index in [9.17, 15) is 4.79 Å². The molecule has 0 heterocycles. The van der Waals surface area contributed by atoms with Crippen LogP contribution in [-0.2, 0) is 17.8 Å². The summed E-state index contributed by atoms with van der Waals surface area (Å²) in [5, 5.41) is 12.1. The number of carbonyl (C=O) groups excluding carboxylic acids is 1. The van der Waals surface area contributed by atoms with Gasteiger partial charge < -0.3 is 10.4 Å². The molecule has 0 aliphatic heterocycles. The van der Waals surface area contributed by atoms with Gasteiger partial charge in [0.2, 0.25) is 5.91 Å². The topological polar surface area (TPSA) is 49.3 Å². The molecule has 1 aliphatic carbocycles. The van der Waals surface area contributed by atoms with Crippen LogP contribution in [0.5, 0.6) is 0 Å². The number of hydrogen-bond donors (Lipinski definition) is 2. The van der Waals surface area contributed by atoms with Gasteiger partial charge in [0.15, 0.2) is 0 Å². The summed E-state index contributed by atoms with van der Waals surface area (Å²) in [6.45, 7) is 0.798. The molecule has 1 aromatic rings. The Hall–Kier alpha value is -1.35. The zero-order valence-electron chi connectivity index (χ0n) is 9.28. The third-order valence-electron chi connectivity index (χ3n) is 2.92. The van der Waals surface area contributed by atoms with Crippen LogP contribution < -0.4 is 5.32 Å². The molecule has 1 saturated carbocycles. The Labute approximate surface area is 95.5 Å². The van der Waals surface area contributed by atoms with Gasteiger partial charge in [-0.15, -0.1) is 0 Å². The normalized spacial score (nSPS) is 14.8. The Morgan fingerprint density at radius 3 is 2.62 bits per heavy atom. The monoisotopic (exact) mass is 219 g/mol. The van der Waals surface area contributed by atoms with Crippen molar-refractivity contribution in [3.05, 3.63) is 35.4 Å². The second-order valence-electron chi connectivity index (χ2n) is 4.35. The quantitative estimate of drug-likeness (QED) is 0.783. The first-order valence-corrected chi connectivity index (χ1v) is 5.74. The van der Waals surface area contributed by atoms with Crippen LogP contribution in [-0.4, -0.2) is 17.6 Å². The fourth-order valence-corrected chi connectivity index (χ4v) is 1.70. The van der Waals surface area contributed by atoms with Crippen LogP contribution in [0, 0.1) is 5.92 Å². The molecule has 2 N–H and O–H groups in total. The van der Waals surface area contributed by atoms with Crippen LogP contribution in [0.15, 0.2) is 24.3 Å². The highest BCUT2D eigenvalue weighted by Crippen LogP contribution is 2.27. The number of aliphatic hydroxyl groups excluding tert-OH is 1. The number of aliphatic hydroxyl groups is 1. The zero-order chi connectivity index (χ0) is 11.4. The molecule has 1 amide bonds. The third-order valence-corrected chi connectivity index (χ3v) is 2.92. The number of amides is 1. The van der Waals surface area contributed by atoms with Crippen molar-refractivity contribution in [1.82, 2.24) is 5.32 Å². The van der Waals surface area contributed by atoms with Gasteiger partial charge in [0, 0.05) is 6.54 Å². The standard InChI is InChI=1S/C13H17NO2/c15-9-12-4-2-1-3-11(12)7-13(16)14-8-10-5-6-10/h1-4,10,15H,5-9H2,(H,14,16). The van der Waals surface area contributed by atoms with Crippen LogP contribution in [0.3, 0.4) is 0 Å². The number of carbonyl (C=O) groups is 1. The highest BCUT2D eigenvalue weighted by Gasteiger charge is 2.21. The molecule has 86 valence electrons. The summed E-state index contributed by atoms with van der Waals surface area (Å²) >= 11 is 0. The van der Waals surface area contributed by atoms with E-state index in [2.05, 4.69) is 5.32 Å². The molecule has 0 aromatic heterocycles. The SMILES string of the molecule is O=C(Cc1ccccc1CO)NCC1CC1. The molecule has 1 aliphatic rings. The van der Waals surface area contributed by atoms with Gasteiger partial charge in [-0.1, -0.05) is 24.3 Å². The van der Waals surface area contributed by atoms with Crippen molar-refractivity contribution in [2.24, 2.45) is 5.92 Å². The van der Waals surface area contributed by atoms with Crippen LogP contribution in [0.1, 0.15) is 24.0 Å². The Kier molecular flexibility index (Phi) is 3.57. The summed E-state index contributed by atoms with van der Waals surface area (Å²) in [5.74, 6) is 0.754. The van der Waals surface area contributed by atoms with Crippen LogP contribution in [0.25, 0.3) is 0 Å². The molecule has 0 unspecified atom stereocenters. The maximum atomic E-state index is 11.6. The van der Waals surface area contributed by atoms with Gasteiger partial charge in [-0.3, -0.25) is 4.79 Å². The fraction of sp³-hybridized carbons (Fsp3) is 0.462. The lowest BCUT2D eigenvalue weighted by Crippen LogP contribution is -2.27. The second-order valence-corrected chi connectivity index (χ2v) is 4.35. The van der Waals surface area contributed by atoms with Gasteiger partial charge in [0.05, 0.1) is 13.0 Å². The van der Waals surface area contributed by atoms with Crippen molar-refractivity contribution in [3.63, 3.8) is 0 Å². The first kappa shape index (κ1) is 11.1. The van der Waals surface area contributed by atoms with E-state index in [1.54, 1.807) is 0 Å². The van der Waals surface area contributed by atoms with E-state index >= 15 is 0 Å². The van der Waals surface area contributed by atoms with E-state index in [0.717, 1.165) is 17.7 Å². The van der Waals surface area contributed by atoms with Crippen LogP contribution in [0.2, 0.25) is 0 Å². The summed E-state index contributed by atoms with van der Waals surface area (Å²) in [7, 11) is 0. The molecule has 2 rings (SSSR count). The first-order valence-electron chi connectivity index (χ1n) is 5.74. The van der Waals surface area contributed by atoms with Crippen molar-refractivity contribution in [1.29, 1.82) is 0 Å². The summed E-state index contributed by atoms with van der Waals surface area (Å²) in [6, 6.07) is 7.51. The Morgan fingerprint density at radius 1 is 1.31 bits per heavy atom. The predicted octanol–water partition coefficient (Wildman–Crippen LogP) is 1.25. The minimum absolute atomic E-state index is 0.00786. The number of hydrogen-bond acceptors (Lipinski definition) is 2. The molecule has 1 fully saturated rings. The van der Waals surface area contributed by atoms with Crippen LogP contribution >= 0.6 is 0 Å². The van der Waals surface area contributed by atoms with Gasteiger partial charge in [0.1, 0.15) is 0 Å². The minimum Gasteiger partial charge on any atom is -0.392 e. The summed E-state index contributed by atoms with van der Waals surface area (Å²) in [4.78, 5) is 11.6. The summed E-state index contributed by atoms with van der Waals surface area (Å²) in [5.41, 5.74) is 1.75. The molecular weight excluding hydrogens is 202 g/mol. The lowest BCUT2D eigenvalue weighted by Gasteiger charge is -2.07. The lowest BCUT2D eigenvalue weighted by molar-refractivity contribution is -0.120. The van der Waals surface area contributed by atoms with Gasteiger partial charge in [-0.05, 0) is 29.9 Å². The van der Waals surface area contributed by atoms with E-state index in [1.807, 2.05) is 24.3 Å². The lowest BCUT2D eigenvalue weighted by atomic mass is 10.0. The van der Waals surface area contributed by atoms with E-state index in [0.29, 0.717) is 12.3 Å². The molecule has 3 heteroatoms. The Bertz CT molecular complexity index is 372. The molecule has 0 atom stereocenters. The molecule has 0 spiro atoms. The van der Waals surface area contributed by atoms with Gasteiger partial charge in [-0.2, -0.15) is 0 Å². The molecular formula is C13H17NO2. The maximum absolute atomic E-state index is 11.6. The van der Waals surface area contributed by atoms with Crippen molar-refractivity contribution >= 4 is 5.91 Å². The second kappa shape index (κ2) is 5.12. The van der Waals surface area contributed by atoms with E-state index in [-0.39, 0.29) is 12.5 Å². The Morgan fingerprint density at radius 2 is 2.00 bits per heavy atom. The summed E-state index contributed by atoms with van der Waals surface area (Å²) in [6.07, 6.45) is 2.85. The van der Waals surface area contributed by atoms with Crippen LogP contribution in [0.4, 0.5) is 0 Å². The molecule has 1 aromatic carbocycles. The average molecular weight is 219 g/mol. The molecule has 0 saturated heterocycles. The van der Waals surface area contributed by atoms with Crippen molar-refractivity contribution in [2.75, 3.05) is 6.54 Å². The largest absolute Gasteiger partial charge is 0.392 e. The number of rotatable bonds is 5. The van der Waals surface area contributed by atoms with Crippen molar-refractivity contribution in [2.45, 2.75) is 25.9 Å². The van der Waals surface area contributed by atoms with Crippen molar-refractivity contribution < 1.29 is 9.90 Å². The number of nitrogens with one attached hydrogen (secondary N) is 1. The average Bonchev–Trinajstić information content (AvgIpc) is 3.11. The third kappa shape index (κ3) is 3.07. The molecule has 16 heavy (non-hydrogen) atoms. The van der Waals surface area contributed by atoms with E-state index in [1.165, 1.54) is 12.8 Å².